The number of likely N-dealkylation sites (N-methyl/N-ethyl adjacent to an activating group) is 1. The Balaban J connectivity index is 1.81. The third-order valence-electron chi connectivity index (χ3n) is 5.26. The SMILES string of the molecule is COCC(CNC(C)(C)C)N(C)CC1CC2CCC1C2. The van der Waals surface area contributed by atoms with Gasteiger partial charge in [-0.3, -0.25) is 4.90 Å². The summed E-state index contributed by atoms with van der Waals surface area (Å²) >= 11 is 0. The molecule has 2 saturated carbocycles. The molecule has 3 heteroatoms. The molecule has 0 spiro atoms. The van der Waals surface area contributed by atoms with E-state index in [2.05, 4.69) is 38.0 Å². The number of ether oxygens (including phenoxy) is 1. The zero-order valence-electron chi connectivity index (χ0n) is 14.1. The van der Waals surface area contributed by atoms with Crippen LogP contribution in [0.25, 0.3) is 0 Å². The van der Waals surface area contributed by atoms with E-state index in [1.54, 1.807) is 0 Å². The van der Waals surface area contributed by atoms with Crippen LogP contribution in [0.3, 0.4) is 0 Å². The second-order valence-electron chi connectivity index (χ2n) is 8.11. The molecule has 0 saturated heterocycles. The van der Waals surface area contributed by atoms with Crippen molar-refractivity contribution in [3.05, 3.63) is 0 Å². The van der Waals surface area contributed by atoms with Crippen molar-refractivity contribution in [2.24, 2.45) is 17.8 Å². The lowest BCUT2D eigenvalue weighted by atomic mass is 9.88. The average molecular weight is 282 g/mol. The van der Waals surface area contributed by atoms with Crippen LogP contribution in [-0.2, 0) is 4.74 Å². The van der Waals surface area contributed by atoms with Gasteiger partial charge in [-0.15, -0.1) is 0 Å². The Bertz CT molecular complexity index is 300. The number of hydrogen-bond acceptors (Lipinski definition) is 3. The molecule has 4 atom stereocenters. The molecule has 0 aromatic heterocycles. The standard InChI is InChI=1S/C17H34N2O/c1-17(2,3)18-10-16(12-20-5)19(4)11-15-9-13-6-7-14(15)8-13/h13-16,18H,6-12H2,1-5H3. The Labute approximate surface area is 125 Å². The second-order valence-corrected chi connectivity index (χ2v) is 8.11. The molecular formula is C17H34N2O. The summed E-state index contributed by atoms with van der Waals surface area (Å²) < 4.78 is 5.44. The molecule has 3 nitrogen and oxygen atoms in total. The molecule has 4 unspecified atom stereocenters. The Kier molecular flexibility index (Phi) is 5.49. The Morgan fingerprint density at radius 1 is 1.25 bits per heavy atom. The molecule has 2 aliphatic rings. The molecule has 0 heterocycles. The molecule has 2 aliphatic carbocycles. The van der Waals surface area contributed by atoms with Crippen molar-refractivity contribution in [3.63, 3.8) is 0 Å². The maximum atomic E-state index is 5.44. The first-order valence-electron chi connectivity index (χ1n) is 8.33. The summed E-state index contributed by atoms with van der Waals surface area (Å²) in [7, 11) is 4.09. The van der Waals surface area contributed by atoms with Crippen molar-refractivity contribution in [1.29, 1.82) is 0 Å². The number of fused-ring (bicyclic) bond motifs is 2. The Hall–Kier alpha value is -0.120. The Morgan fingerprint density at radius 2 is 2.00 bits per heavy atom. The van der Waals surface area contributed by atoms with Gasteiger partial charge in [0.05, 0.1) is 6.61 Å². The van der Waals surface area contributed by atoms with Crippen LogP contribution in [0.4, 0.5) is 0 Å². The highest BCUT2D eigenvalue weighted by atomic mass is 16.5. The van der Waals surface area contributed by atoms with Crippen LogP contribution in [0.15, 0.2) is 0 Å². The van der Waals surface area contributed by atoms with Crippen molar-refractivity contribution in [1.82, 2.24) is 10.2 Å². The largest absolute Gasteiger partial charge is 0.383 e. The van der Waals surface area contributed by atoms with E-state index in [4.69, 9.17) is 4.74 Å². The minimum Gasteiger partial charge on any atom is -0.383 e. The van der Waals surface area contributed by atoms with Crippen molar-refractivity contribution < 1.29 is 4.74 Å². The number of methoxy groups -OCH3 is 1. The average Bonchev–Trinajstić information content (AvgIpc) is 2.95. The van der Waals surface area contributed by atoms with Gasteiger partial charge >= 0.3 is 0 Å². The maximum absolute atomic E-state index is 5.44. The fourth-order valence-electron chi connectivity index (χ4n) is 4.08. The normalized spacial score (nSPS) is 31.2. The van der Waals surface area contributed by atoms with E-state index < -0.39 is 0 Å². The van der Waals surface area contributed by atoms with E-state index in [-0.39, 0.29) is 5.54 Å². The number of nitrogens with zero attached hydrogens (tertiary/aromatic N) is 1. The summed E-state index contributed by atoms with van der Waals surface area (Å²) in [6.07, 6.45) is 5.96. The molecule has 20 heavy (non-hydrogen) atoms. The molecule has 0 radical (unpaired) electrons. The number of rotatable bonds is 7. The van der Waals surface area contributed by atoms with Gasteiger partial charge in [0.25, 0.3) is 0 Å². The van der Waals surface area contributed by atoms with Crippen molar-refractivity contribution in [3.8, 4) is 0 Å². The van der Waals surface area contributed by atoms with E-state index in [1.165, 1.54) is 32.2 Å². The van der Waals surface area contributed by atoms with Gasteiger partial charge in [0.1, 0.15) is 0 Å². The molecule has 2 bridgehead atoms. The molecule has 0 amide bonds. The highest BCUT2D eigenvalue weighted by molar-refractivity contribution is 4.92. The van der Waals surface area contributed by atoms with Gasteiger partial charge in [-0.05, 0) is 64.8 Å². The molecule has 2 fully saturated rings. The van der Waals surface area contributed by atoms with Gasteiger partial charge in [-0.2, -0.15) is 0 Å². The van der Waals surface area contributed by atoms with Gasteiger partial charge in [-0.1, -0.05) is 6.42 Å². The molecular weight excluding hydrogens is 248 g/mol. The minimum absolute atomic E-state index is 0.180. The first-order chi connectivity index (χ1) is 9.39. The lowest BCUT2D eigenvalue weighted by molar-refractivity contribution is 0.0841. The maximum Gasteiger partial charge on any atom is 0.0630 e. The lowest BCUT2D eigenvalue weighted by Gasteiger charge is -2.34. The van der Waals surface area contributed by atoms with Gasteiger partial charge in [0.15, 0.2) is 0 Å². The second kappa shape index (κ2) is 6.76. The van der Waals surface area contributed by atoms with E-state index >= 15 is 0 Å². The van der Waals surface area contributed by atoms with E-state index in [1.807, 2.05) is 7.11 Å². The lowest BCUT2D eigenvalue weighted by Crippen LogP contribution is -2.49. The van der Waals surface area contributed by atoms with Crippen molar-refractivity contribution in [2.45, 2.75) is 58.0 Å². The predicted molar refractivity (Wildman–Crippen MR) is 85.0 cm³/mol. The van der Waals surface area contributed by atoms with Crippen LogP contribution >= 0.6 is 0 Å². The summed E-state index contributed by atoms with van der Waals surface area (Å²) in [5.41, 5.74) is 0.180. The first kappa shape index (κ1) is 16.3. The predicted octanol–water partition coefficient (Wildman–Crippen LogP) is 2.76. The summed E-state index contributed by atoms with van der Waals surface area (Å²) in [4.78, 5) is 2.54. The summed E-state index contributed by atoms with van der Waals surface area (Å²) in [6, 6.07) is 0.485. The van der Waals surface area contributed by atoms with Crippen LogP contribution in [0.1, 0.15) is 46.5 Å². The van der Waals surface area contributed by atoms with E-state index in [0.29, 0.717) is 6.04 Å². The molecule has 0 aliphatic heterocycles. The van der Waals surface area contributed by atoms with Crippen LogP contribution < -0.4 is 5.32 Å². The molecule has 118 valence electrons. The van der Waals surface area contributed by atoms with Crippen molar-refractivity contribution in [2.75, 3.05) is 33.9 Å². The molecule has 0 aromatic rings. The summed E-state index contributed by atoms with van der Waals surface area (Å²) in [6.45, 7) is 9.77. The van der Waals surface area contributed by atoms with Crippen LogP contribution in [0.5, 0.6) is 0 Å². The molecule has 2 rings (SSSR count). The Morgan fingerprint density at radius 3 is 2.50 bits per heavy atom. The third-order valence-corrected chi connectivity index (χ3v) is 5.26. The summed E-state index contributed by atoms with van der Waals surface area (Å²) in [5, 5.41) is 3.62. The third kappa shape index (κ3) is 4.44. The van der Waals surface area contributed by atoms with Crippen LogP contribution in [0, 0.1) is 17.8 Å². The van der Waals surface area contributed by atoms with Gasteiger partial charge < -0.3 is 10.1 Å². The topological polar surface area (TPSA) is 24.5 Å². The van der Waals surface area contributed by atoms with Crippen LogP contribution in [-0.4, -0.2) is 50.3 Å². The highest BCUT2D eigenvalue weighted by Gasteiger charge is 2.40. The molecule has 0 aromatic carbocycles. The van der Waals surface area contributed by atoms with Crippen molar-refractivity contribution >= 4 is 0 Å². The smallest absolute Gasteiger partial charge is 0.0630 e. The fourth-order valence-corrected chi connectivity index (χ4v) is 4.08. The summed E-state index contributed by atoms with van der Waals surface area (Å²) in [5.74, 6) is 3.00. The first-order valence-corrected chi connectivity index (χ1v) is 8.33. The van der Waals surface area contributed by atoms with E-state index in [0.717, 1.165) is 30.9 Å². The van der Waals surface area contributed by atoms with Gasteiger partial charge in [0, 0.05) is 31.8 Å². The van der Waals surface area contributed by atoms with Gasteiger partial charge in [-0.25, -0.2) is 0 Å². The van der Waals surface area contributed by atoms with Crippen LogP contribution in [0.2, 0.25) is 0 Å². The zero-order valence-corrected chi connectivity index (χ0v) is 14.1. The monoisotopic (exact) mass is 282 g/mol. The van der Waals surface area contributed by atoms with E-state index in [9.17, 15) is 0 Å². The number of nitrogens with one attached hydrogen (secondary N) is 1. The number of hydrogen-bond donors (Lipinski definition) is 1. The zero-order chi connectivity index (χ0) is 14.8. The highest BCUT2D eigenvalue weighted by Crippen LogP contribution is 2.48. The minimum atomic E-state index is 0.180. The molecule has 1 N–H and O–H groups in total. The van der Waals surface area contributed by atoms with Gasteiger partial charge in [0.2, 0.25) is 0 Å². The quantitative estimate of drug-likeness (QED) is 0.777. The fraction of sp³-hybridized carbons (Fsp3) is 1.00.